The Morgan fingerprint density at radius 2 is 2.00 bits per heavy atom. The van der Waals surface area contributed by atoms with Crippen LogP contribution in [0.1, 0.15) is 31.2 Å². The highest BCUT2D eigenvalue weighted by atomic mass is 35.5. The van der Waals surface area contributed by atoms with Crippen molar-refractivity contribution in [2.75, 3.05) is 0 Å². The fourth-order valence-electron chi connectivity index (χ4n) is 0.946. The third kappa shape index (κ3) is 2.19. The van der Waals surface area contributed by atoms with E-state index >= 15 is 0 Å². The summed E-state index contributed by atoms with van der Waals surface area (Å²) in [5, 5.41) is 0.779. The topological polar surface area (TPSA) is 12.9 Å². The lowest BCUT2D eigenvalue weighted by Gasteiger charge is -2.05. The average Bonchev–Trinajstić information content (AvgIpc) is 1.85. The normalized spacial score (nSPS) is 10.6. The van der Waals surface area contributed by atoms with Crippen molar-refractivity contribution in [1.82, 2.24) is 4.98 Å². The van der Waals surface area contributed by atoms with Gasteiger partial charge in [-0.05, 0) is 25.0 Å². The maximum atomic E-state index is 5.85. The second kappa shape index (κ2) is 3.22. The van der Waals surface area contributed by atoms with Gasteiger partial charge in [0.25, 0.3) is 0 Å². The number of rotatable bonds is 1. The molecule has 0 aliphatic carbocycles. The van der Waals surface area contributed by atoms with Crippen molar-refractivity contribution in [3.8, 4) is 0 Å². The van der Waals surface area contributed by atoms with Crippen LogP contribution in [0.4, 0.5) is 0 Å². The van der Waals surface area contributed by atoms with Crippen LogP contribution < -0.4 is 0 Å². The number of nitrogens with zero attached hydrogens (tertiary/aromatic N) is 1. The van der Waals surface area contributed by atoms with Crippen LogP contribution in [0.3, 0.4) is 0 Å². The van der Waals surface area contributed by atoms with E-state index in [1.807, 2.05) is 19.1 Å². The maximum absolute atomic E-state index is 5.85. The molecule has 0 atom stereocenters. The Hall–Kier alpha value is -0.560. The Labute approximate surface area is 72.4 Å². The van der Waals surface area contributed by atoms with Crippen LogP contribution in [0, 0.1) is 6.92 Å². The van der Waals surface area contributed by atoms with Gasteiger partial charge in [-0.1, -0.05) is 25.4 Å². The molecule has 1 nitrogen and oxygen atoms in total. The van der Waals surface area contributed by atoms with Gasteiger partial charge in [-0.2, -0.15) is 0 Å². The van der Waals surface area contributed by atoms with Crippen LogP contribution in [0.25, 0.3) is 0 Å². The minimum Gasteiger partial charge on any atom is -0.258 e. The molecule has 0 N–H and O–H groups in total. The van der Waals surface area contributed by atoms with Gasteiger partial charge >= 0.3 is 0 Å². The third-order valence-electron chi connectivity index (χ3n) is 1.53. The number of halogens is 1. The standard InChI is InChI=1S/C9H12ClN/c1-6(2)9-5-8(10)4-7(3)11-9/h4-6H,1-3H3. The predicted octanol–water partition coefficient (Wildman–Crippen LogP) is 3.17. The van der Waals surface area contributed by atoms with E-state index in [0.717, 1.165) is 16.4 Å². The summed E-state index contributed by atoms with van der Waals surface area (Å²) >= 11 is 5.85. The zero-order valence-corrected chi connectivity index (χ0v) is 7.81. The summed E-state index contributed by atoms with van der Waals surface area (Å²) in [6, 6.07) is 3.78. The summed E-state index contributed by atoms with van der Waals surface area (Å²) in [4.78, 5) is 4.35. The number of hydrogen-bond acceptors (Lipinski definition) is 1. The molecule has 11 heavy (non-hydrogen) atoms. The van der Waals surface area contributed by atoms with Gasteiger partial charge in [0.05, 0.1) is 0 Å². The van der Waals surface area contributed by atoms with E-state index in [0.29, 0.717) is 5.92 Å². The predicted molar refractivity (Wildman–Crippen MR) is 48.1 cm³/mol. The van der Waals surface area contributed by atoms with Crippen LogP contribution in [0.2, 0.25) is 5.02 Å². The minimum atomic E-state index is 0.451. The Kier molecular flexibility index (Phi) is 2.50. The zero-order valence-electron chi connectivity index (χ0n) is 7.06. The molecule has 60 valence electrons. The first-order valence-corrected chi connectivity index (χ1v) is 4.11. The van der Waals surface area contributed by atoms with Gasteiger partial charge in [-0.25, -0.2) is 0 Å². The van der Waals surface area contributed by atoms with E-state index in [1.54, 1.807) is 0 Å². The van der Waals surface area contributed by atoms with Gasteiger partial charge in [0.1, 0.15) is 0 Å². The van der Waals surface area contributed by atoms with E-state index in [1.165, 1.54) is 0 Å². The first kappa shape index (κ1) is 8.54. The summed E-state index contributed by atoms with van der Waals surface area (Å²) in [5.74, 6) is 0.451. The maximum Gasteiger partial charge on any atom is 0.0447 e. The zero-order chi connectivity index (χ0) is 8.43. The molecule has 2 heteroatoms. The van der Waals surface area contributed by atoms with Crippen molar-refractivity contribution in [1.29, 1.82) is 0 Å². The van der Waals surface area contributed by atoms with E-state index < -0.39 is 0 Å². The largest absolute Gasteiger partial charge is 0.258 e. The van der Waals surface area contributed by atoms with E-state index in [-0.39, 0.29) is 0 Å². The monoisotopic (exact) mass is 169 g/mol. The summed E-state index contributed by atoms with van der Waals surface area (Å²) in [7, 11) is 0. The molecule has 1 aromatic rings. The summed E-state index contributed by atoms with van der Waals surface area (Å²) in [6.07, 6.45) is 0. The van der Waals surface area contributed by atoms with Crippen molar-refractivity contribution in [3.63, 3.8) is 0 Å². The van der Waals surface area contributed by atoms with Gasteiger partial charge < -0.3 is 0 Å². The molecule has 0 bridgehead atoms. The van der Waals surface area contributed by atoms with Crippen LogP contribution in [-0.2, 0) is 0 Å². The molecular formula is C9H12ClN. The third-order valence-corrected chi connectivity index (χ3v) is 1.75. The number of hydrogen-bond donors (Lipinski definition) is 0. The molecule has 0 radical (unpaired) electrons. The van der Waals surface area contributed by atoms with Crippen molar-refractivity contribution in [3.05, 3.63) is 28.5 Å². The van der Waals surface area contributed by atoms with Crippen molar-refractivity contribution >= 4 is 11.6 Å². The quantitative estimate of drug-likeness (QED) is 0.630. The second-order valence-corrected chi connectivity index (χ2v) is 3.44. The second-order valence-electron chi connectivity index (χ2n) is 3.01. The van der Waals surface area contributed by atoms with Gasteiger partial charge in [-0.3, -0.25) is 4.98 Å². The van der Waals surface area contributed by atoms with Crippen LogP contribution in [0.15, 0.2) is 12.1 Å². The van der Waals surface area contributed by atoms with Crippen LogP contribution in [0.5, 0.6) is 0 Å². The fourth-order valence-corrected chi connectivity index (χ4v) is 1.22. The van der Waals surface area contributed by atoms with Gasteiger partial charge in [0.15, 0.2) is 0 Å². The molecular weight excluding hydrogens is 158 g/mol. The van der Waals surface area contributed by atoms with E-state index in [2.05, 4.69) is 18.8 Å². The lowest BCUT2D eigenvalue weighted by atomic mass is 10.1. The summed E-state index contributed by atoms with van der Waals surface area (Å²) < 4.78 is 0. The molecule has 0 unspecified atom stereocenters. The highest BCUT2D eigenvalue weighted by Crippen LogP contribution is 2.17. The SMILES string of the molecule is Cc1cc(Cl)cc(C(C)C)n1. The number of pyridine rings is 1. The molecule has 0 aromatic carbocycles. The molecule has 1 aromatic heterocycles. The Balaban J connectivity index is 3.08. The average molecular weight is 170 g/mol. The van der Waals surface area contributed by atoms with Crippen molar-refractivity contribution < 1.29 is 0 Å². The van der Waals surface area contributed by atoms with Crippen LogP contribution >= 0.6 is 11.6 Å². The van der Waals surface area contributed by atoms with Crippen molar-refractivity contribution in [2.45, 2.75) is 26.7 Å². The first-order valence-electron chi connectivity index (χ1n) is 3.73. The summed E-state index contributed by atoms with van der Waals surface area (Å²) in [6.45, 7) is 6.17. The molecule has 0 fully saturated rings. The molecule has 0 saturated heterocycles. The van der Waals surface area contributed by atoms with Crippen LogP contribution in [-0.4, -0.2) is 4.98 Å². The number of aromatic nitrogens is 1. The minimum absolute atomic E-state index is 0.451. The Morgan fingerprint density at radius 1 is 1.36 bits per heavy atom. The molecule has 0 aliphatic heterocycles. The molecule has 1 rings (SSSR count). The van der Waals surface area contributed by atoms with Crippen molar-refractivity contribution in [2.24, 2.45) is 0 Å². The number of aryl methyl sites for hydroxylation is 1. The molecule has 1 heterocycles. The highest BCUT2D eigenvalue weighted by molar-refractivity contribution is 6.30. The lowest BCUT2D eigenvalue weighted by molar-refractivity contribution is 0.815. The first-order chi connectivity index (χ1) is 5.09. The summed E-state index contributed by atoms with van der Waals surface area (Å²) in [5.41, 5.74) is 2.05. The van der Waals surface area contributed by atoms with E-state index in [4.69, 9.17) is 11.6 Å². The molecule has 0 saturated carbocycles. The highest BCUT2D eigenvalue weighted by Gasteiger charge is 2.01. The smallest absolute Gasteiger partial charge is 0.0447 e. The van der Waals surface area contributed by atoms with Gasteiger partial charge in [0, 0.05) is 16.4 Å². The molecule has 0 amide bonds. The Morgan fingerprint density at radius 3 is 2.45 bits per heavy atom. The molecule has 0 aliphatic rings. The Bertz CT molecular complexity index is 235. The fraction of sp³-hybridized carbons (Fsp3) is 0.444. The van der Waals surface area contributed by atoms with Gasteiger partial charge in [0.2, 0.25) is 0 Å². The molecule has 0 spiro atoms. The van der Waals surface area contributed by atoms with E-state index in [9.17, 15) is 0 Å². The van der Waals surface area contributed by atoms with Gasteiger partial charge in [-0.15, -0.1) is 0 Å². The lowest BCUT2D eigenvalue weighted by Crippen LogP contribution is -1.93.